The molecule has 2 aliphatic rings. The predicted octanol–water partition coefficient (Wildman–Crippen LogP) is 5.57. The fraction of sp³-hybridized carbons (Fsp3) is 0.292. The van der Waals surface area contributed by atoms with Crippen LogP contribution in [0.5, 0.6) is 11.5 Å². The zero-order chi connectivity index (χ0) is 20.5. The van der Waals surface area contributed by atoms with Crippen LogP contribution in [0.25, 0.3) is 0 Å². The van der Waals surface area contributed by atoms with Crippen molar-refractivity contribution in [1.82, 2.24) is 0 Å². The molecular weight excluding hydrogens is 378 g/mol. The minimum Gasteiger partial charge on any atom is -0.496 e. The average molecular weight is 403 g/mol. The number of hydrogen-bond donors (Lipinski definition) is 2. The predicted molar refractivity (Wildman–Crippen MR) is 117 cm³/mol. The summed E-state index contributed by atoms with van der Waals surface area (Å²) in [6.45, 7) is 0. The quantitative estimate of drug-likeness (QED) is 0.583. The Morgan fingerprint density at radius 1 is 1.03 bits per heavy atom. The molecule has 1 aromatic heterocycles. The third-order valence-corrected chi connectivity index (χ3v) is 5.84. The van der Waals surface area contributed by atoms with Crippen LogP contribution in [0.4, 0.5) is 11.6 Å². The Bertz CT molecular complexity index is 1040. The number of para-hydroxylation sites is 1. The van der Waals surface area contributed by atoms with Crippen molar-refractivity contribution in [3.63, 3.8) is 0 Å². The number of methoxy groups -OCH3 is 1. The highest BCUT2D eigenvalue weighted by molar-refractivity contribution is 6.13. The summed E-state index contributed by atoms with van der Waals surface area (Å²) in [6, 6.07) is 17.6. The van der Waals surface area contributed by atoms with Crippen molar-refractivity contribution in [2.24, 2.45) is 0 Å². The lowest BCUT2D eigenvalue weighted by Crippen LogP contribution is -2.42. The SMILES string of the molecule is COc1ccccc1C1Nc2occc2C(=N)N1c1ccc(OC2CCCC2)cc1. The summed E-state index contributed by atoms with van der Waals surface area (Å²) in [5, 5.41) is 12.3. The molecule has 2 heterocycles. The minimum atomic E-state index is -0.339. The number of nitrogens with one attached hydrogen (secondary N) is 2. The van der Waals surface area contributed by atoms with E-state index in [0.717, 1.165) is 41.2 Å². The molecule has 0 amide bonds. The Labute approximate surface area is 175 Å². The molecule has 1 aliphatic carbocycles. The van der Waals surface area contributed by atoms with Crippen LogP contribution in [0.3, 0.4) is 0 Å². The van der Waals surface area contributed by atoms with Crippen LogP contribution < -0.4 is 19.7 Å². The van der Waals surface area contributed by atoms with Crippen molar-refractivity contribution >= 4 is 17.4 Å². The van der Waals surface area contributed by atoms with Gasteiger partial charge >= 0.3 is 0 Å². The van der Waals surface area contributed by atoms with Crippen LogP contribution in [0, 0.1) is 5.41 Å². The van der Waals surface area contributed by atoms with Gasteiger partial charge in [0, 0.05) is 11.3 Å². The van der Waals surface area contributed by atoms with E-state index in [4.69, 9.17) is 19.3 Å². The number of amidine groups is 1. The number of fused-ring (bicyclic) bond motifs is 1. The molecule has 1 unspecified atom stereocenters. The lowest BCUT2D eigenvalue weighted by molar-refractivity contribution is 0.210. The van der Waals surface area contributed by atoms with Gasteiger partial charge in [0.05, 0.1) is 25.0 Å². The standard InChI is InChI=1S/C24H25N3O3/c1-28-21-9-5-4-8-19(21)23-26-24-20(14-15-29-24)22(25)27(23)16-10-12-18(13-11-16)30-17-6-2-3-7-17/h4-5,8-15,17,23,25-26H,2-3,6-7H2,1H3. The number of furan rings is 1. The van der Waals surface area contributed by atoms with Crippen molar-refractivity contribution in [1.29, 1.82) is 5.41 Å². The molecule has 2 aromatic carbocycles. The van der Waals surface area contributed by atoms with Crippen molar-refractivity contribution in [2.45, 2.75) is 38.0 Å². The Balaban J connectivity index is 1.51. The summed E-state index contributed by atoms with van der Waals surface area (Å²) in [7, 11) is 1.66. The summed E-state index contributed by atoms with van der Waals surface area (Å²) in [5.41, 5.74) is 2.56. The summed E-state index contributed by atoms with van der Waals surface area (Å²) < 4.78 is 17.3. The highest BCUT2D eigenvalue weighted by Crippen LogP contribution is 2.40. The van der Waals surface area contributed by atoms with Gasteiger partial charge in [0.15, 0.2) is 0 Å². The second-order valence-electron chi connectivity index (χ2n) is 7.69. The molecule has 1 saturated carbocycles. The summed E-state index contributed by atoms with van der Waals surface area (Å²) in [4.78, 5) is 1.95. The van der Waals surface area contributed by atoms with Crippen LogP contribution in [0.15, 0.2) is 65.3 Å². The zero-order valence-corrected chi connectivity index (χ0v) is 16.9. The average Bonchev–Trinajstić information content (AvgIpc) is 3.46. The molecule has 0 bridgehead atoms. The van der Waals surface area contributed by atoms with E-state index in [0.29, 0.717) is 17.8 Å². The first-order valence-electron chi connectivity index (χ1n) is 10.4. The largest absolute Gasteiger partial charge is 0.496 e. The molecule has 6 heteroatoms. The molecule has 0 saturated heterocycles. The van der Waals surface area contributed by atoms with E-state index in [1.165, 1.54) is 12.8 Å². The Morgan fingerprint density at radius 2 is 1.80 bits per heavy atom. The van der Waals surface area contributed by atoms with Crippen molar-refractivity contribution < 1.29 is 13.9 Å². The molecular formula is C24H25N3O3. The monoisotopic (exact) mass is 403 g/mol. The van der Waals surface area contributed by atoms with E-state index in [1.54, 1.807) is 13.4 Å². The van der Waals surface area contributed by atoms with Gasteiger partial charge in [0.25, 0.3) is 0 Å². The van der Waals surface area contributed by atoms with Gasteiger partial charge < -0.3 is 24.1 Å². The number of hydrogen-bond acceptors (Lipinski definition) is 5. The number of anilines is 2. The smallest absolute Gasteiger partial charge is 0.205 e. The van der Waals surface area contributed by atoms with Gasteiger partial charge in [-0.1, -0.05) is 18.2 Å². The summed E-state index contributed by atoms with van der Waals surface area (Å²) in [5.74, 6) is 2.59. The lowest BCUT2D eigenvalue weighted by Gasteiger charge is -2.38. The molecule has 0 spiro atoms. The Kier molecular flexibility index (Phi) is 4.83. The highest BCUT2D eigenvalue weighted by Gasteiger charge is 2.35. The second-order valence-corrected chi connectivity index (χ2v) is 7.69. The molecule has 1 atom stereocenters. The molecule has 5 rings (SSSR count). The summed E-state index contributed by atoms with van der Waals surface area (Å²) in [6.07, 6.45) is 6.32. The van der Waals surface area contributed by atoms with E-state index < -0.39 is 0 Å². The summed E-state index contributed by atoms with van der Waals surface area (Å²) >= 11 is 0. The topological polar surface area (TPSA) is 70.7 Å². The van der Waals surface area contributed by atoms with Crippen LogP contribution >= 0.6 is 0 Å². The molecule has 2 N–H and O–H groups in total. The minimum absolute atomic E-state index is 0.320. The van der Waals surface area contributed by atoms with Gasteiger partial charge in [-0.15, -0.1) is 0 Å². The van der Waals surface area contributed by atoms with Crippen LogP contribution in [0.1, 0.15) is 43.0 Å². The number of nitrogens with zero attached hydrogens (tertiary/aromatic N) is 1. The molecule has 154 valence electrons. The van der Waals surface area contributed by atoms with Crippen LogP contribution in [0.2, 0.25) is 0 Å². The van der Waals surface area contributed by atoms with Crippen molar-refractivity contribution in [3.8, 4) is 11.5 Å². The zero-order valence-electron chi connectivity index (χ0n) is 16.9. The van der Waals surface area contributed by atoms with Crippen LogP contribution in [-0.2, 0) is 0 Å². The fourth-order valence-corrected chi connectivity index (χ4v) is 4.33. The van der Waals surface area contributed by atoms with E-state index >= 15 is 0 Å². The van der Waals surface area contributed by atoms with Gasteiger partial charge in [-0.3, -0.25) is 5.41 Å². The molecule has 0 radical (unpaired) electrons. The van der Waals surface area contributed by atoms with E-state index in [2.05, 4.69) is 5.32 Å². The fourth-order valence-electron chi connectivity index (χ4n) is 4.33. The molecule has 30 heavy (non-hydrogen) atoms. The normalized spacial score (nSPS) is 18.8. The maximum Gasteiger partial charge on any atom is 0.205 e. The lowest BCUT2D eigenvalue weighted by atomic mass is 10.0. The molecule has 3 aromatic rings. The van der Waals surface area contributed by atoms with E-state index in [-0.39, 0.29) is 6.17 Å². The van der Waals surface area contributed by atoms with Gasteiger partial charge in [0.2, 0.25) is 5.88 Å². The molecule has 1 aliphatic heterocycles. The third kappa shape index (κ3) is 3.28. The molecule has 6 nitrogen and oxygen atoms in total. The number of rotatable bonds is 5. The van der Waals surface area contributed by atoms with E-state index in [9.17, 15) is 0 Å². The first-order valence-corrected chi connectivity index (χ1v) is 10.4. The van der Waals surface area contributed by atoms with Crippen molar-refractivity contribution in [3.05, 3.63) is 72.0 Å². The van der Waals surface area contributed by atoms with Gasteiger partial charge in [-0.05, 0) is 62.1 Å². The Morgan fingerprint density at radius 3 is 2.57 bits per heavy atom. The maximum atomic E-state index is 8.88. The Hall–Kier alpha value is -3.41. The van der Waals surface area contributed by atoms with Crippen LogP contribution in [-0.4, -0.2) is 19.0 Å². The van der Waals surface area contributed by atoms with E-state index in [1.807, 2.05) is 59.5 Å². The third-order valence-electron chi connectivity index (χ3n) is 5.84. The number of ether oxygens (including phenoxy) is 2. The first kappa shape index (κ1) is 18.6. The number of benzene rings is 2. The maximum absolute atomic E-state index is 8.88. The van der Waals surface area contributed by atoms with Gasteiger partial charge in [-0.25, -0.2) is 0 Å². The first-order chi connectivity index (χ1) is 14.7. The van der Waals surface area contributed by atoms with Gasteiger partial charge in [0.1, 0.15) is 23.5 Å². The van der Waals surface area contributed by atoms with Crippen molar-refractivity contribution in [2.75, 3.05) is 17.3 Å². The second kappa shape index (κ2) is 7.78. The molecule has 1 fully saturated rings. The highest BCUT2D eigenvalue weighted by atomic mass is 16.5. The van der Waals surface area contributed by atoms with Gasteiger partial charge in [-0.2, -0.15) is 0 Å².